The summed E-state index contributed by atoms with van der Waals surface area (Å²) in [5.74, 6) is -0.833. The van der Waals surface area contributed by atoms with Crippen LogP contribution in [0.2, 0.25) is 5.02 Å². The second-order valence-corrected chi connectivity index (χ2v) is 17.2. The third kappa shape index (κ3) is 11.5. The lowest BCUT2D eigenvalue weighted by molar-refractivity contribution is -0.144. The van der Waals surface area contributed by atoms with Crippen LogP contribution >= 0.6 is 22.9 Å². The van der Waals surface area contributed by atoms with Crippen molar-refractivity contribution in [3.05, 3.63) is 100 Å². The molecule has 316 valence electrons. The summed E-state index contributed by atoms with van der Waals surface area (Å²) in [4.78, 5) is 64.6. The Balaban J connectivity index is 0.909. The van der Waals surface area contributed by atoms with Gasteiger partial charge in [0.1, 0.15) is 23.5 Å². The zero-order chi connectivity index (χ0) is 42.8. The first kappa shape index (κ1) is 43.9. The Labute approximate surface area is 358 Å². The number of hydrogen-bond donors (Lipinski definition) is 5. The van der Waals surface area contributed by atoms with Crippen LogP contribution in [0.5, 0.6) is 5.75 Å². The smallest absolute Gasteiger partial charge is 0.274 e. The molecule has 2 aromatic carbocycles. The Kier molecular flexibility index (Phi) is 14.7. The number of hydrogen-bond acceptors (Lipinski definition) is 10. The van der Waals surface area contributed by atoms with Gasteiger partial charge >= 0.3 is 0 Å². The third-order valence-corrected chi connectivity index (χ3v) is 11.5. The molecule has 6 rings (SSSR count). The van der Waals surface area contributed by atoms with Gasteiger partial charge in [-0.15, -0.1) is 11.3 Å². The van der Waals surface area contributed by atoms with E-state index in [1.165, 1.54) is 4.90 Å². The van der Waals surface area contributed by atoms with Crippen LogP contribution in [0.15, 0.2) is 78.4 Å². The maximum Gasteiger partial charge on any atom is 0.274 e. The van der Waals surface area contributed by atoms with E-state index in [0.29, 0.717) is 40.9 Å². The summed E-state index contributed by atoms with van der Waals surface area (Å²) >= 11 is 8.04. The molecule has 0 aliphatic carbocycles. The number of rotatable bonds is 17. The molecular formula is C44H51ClN8O6S. The molecule has 1 aliphatic heterocycles. The number of pyridine rings is 1. The van der Waals surface area contributed by atoms with E-state index in [9.17, 15) is 24.3 Å². The Bertz CT molecular complexity index is 2260. The molecule has 4 heterocycles. The van der Waals surface area contributed by atoms with E-state index in [4.69, 9.17) is 16.3 Å². The number of amides is 4. The van der Waals surface area contributed by atoms with Crippen LogP contribution in [0.4, 0.5) is 5.69 Å². The standard InChI is InChI=1S/C44H51ClN8O6S/c1-27-39(60-26-47-27)29-15-13-28(14-16-29)24-46-42(57)37-22-30(54)25-53(37)43(58)40(44(2,3)4)51-38(55)12-7-5-6-8-21-59-31-17-18-33(32(45)23-31)50-41(56)36-11-9-10-34(49-36)35-19-20-48-52-35/h9-11,13-20,23,26,30,37,40,54H,5-8,12,21-22,24-25H2,1-4H3,(H,46,57)(H,48,52)(H,50,56)(H,51,55)/t30-,37+,40-/m1/s1. The fourth-order valence-corrected chi connectivity index (χ4v) is 7.96. The minimum Gasteiger partial charge on any atom is -0.494 e. The number of aromatic amines is 1. The summed E-state index contributed by atoms with van der Waals surface area (Å²) in [5.41, 5.74) is 6.04. The van der Waals surface area contributed by atoms with Crippen LogP contribution in [0.1, 0.15) is 81.0 Å². The summed E-state index contributed by atoms with van der Waals surface area (Å²) in [6.07, 6.45) is 4.08. The maximum atomic E-state index is 14.0. The average Bonchev–Trinajstić information content (AvgIpc) is 4.01. The number of aliphatic hydroxyl groups is 1. The number of carbonyl (C=O) groups excluding carboxylic acids is 4. The predicted molar refractivity (Wildman–Crippen MR) is 231 cm³/mol. The van der Waals surface area contributed by atoms with Crippen LogP contribution in [-0.4, -0.2) is 85.1 Å². The lowest BCUT2D eigenvalue weighted by Gasteiger charge is -2.35. The lowest BCUT2D eigenvalue weighted by atomic mass is 9.85. The number of thiazole rings is 1. The van der Waals surface area contributed by atoms with Crippen molar-refractivity contribution in [2.75, 3.05) is 18.5 Å². The summed E-state index contributed by atoms with van der Waals surface area (Å²) < 4.78 is 5.88. The number of aromatic nitrogens is 4. The number of anilines is 1. The molecule has 1 fully saturated rings. The van der Waals surface area contributed by atoms with Gasteiger partial charge in [-0.1, -0.05) is 75.5 Å². The largest absolute Gasteiger partial charge is 0.494 e. The normalized spacial score (nSPS) is 15.7. The van der Waals surface area contributed by atoms with Crippen molar-refractivity contribution >= 4 is 52.3 Å². The molecule has 1 aliphatic rings. The van der Waals surface area contributed by atoms with E-state index in [1.807, 2.05) is 57.5 Å². The number of aryl methyl sites for hydroxylation is 1. The van der Waals surface area contributed by atoms with Crippen molar-refractivity contribution in [1.29, 1.82) is 0 Å². The molecule has 3 atom stereocenters. The van der Waals surface area contributed by atoms with Crippen molar-refractivity contribution in [2.45, 2.75) is 91.0 Å². The molecule has 16 heteroatoms. The highest BCUT2D eigenvalue weighted by atomic mass is 35.5. The molecule has 0 spiro atoms. The van der Waals surface area contributed by atoms with Crippen LogP contribution < -0.4 is 20.7 Å². The van der Waals surface area contributed by atoms with Gasteiger partial charge in [0.25, 0.3) is 5.91 Å². The fourth-order valence-electron chi connectivity index (χ4n) is 6.93. The van der Waals surface area contributed by atoms with Gasteiger partial charge in [-0.2, -0.15) is 5.10 Å². The van der Waals surface area contributed by atoms with E-state index in [2.05, 4.69) is 36.1 Å². The summed E-state index contributed by atoms with van der Waals surface area (Å²) in [6.45, 7) is 8.29. The quantitative estimate of drug-likeness (QED) is 0.0617. The second kappa shape index (κ2) is 20.1. The van der Waals surface area contributed by atoms with Crippen molar-refractivity contribution in [1.82, 2.24) is 35.7 Å². The van der Waals surface area contributed by atoms with E-state index < -0.39 is 35.4 Å². The fraction of sp³-hybridized carbons (Fsp3) is 0.386. The Morgan fingerprint density at radius 2 is 1.82 bits per heavy atom. The van der Waals surface area contributed by atoms with E-state index in [0.717, 1.165) is 41.0 Å². The number of nitrogens with zero attached hydrogens (tertiary/aromatic N) is 4. The monoisotopic (exact) mass is 854 g/mol. The number of halogens is 1. The number of benzene rings is 2. The highest BCUT2D eigenvalue weighted by molar-refractivity contribution is 7.13. The van der Waals surface area contributed by atoms with Gasteiger partial charge in [0.2, 0.25) is 17.7 Å². The SMILES string of the molecule is Cc1ncsc1-c1ccc(CNC(=O)[C@@H]2C[C@@H](O)CN2C(=O)[C@@H](NC(=O)CCCCCCOc2ccc(NC(=O)c3cccc(-c4ccn[nH]4)n3)c(Cl)c2)C(C)(C)C)cc1. The molecule has 14 nitrogen and oxygen atoms in total. The molecule has 5 aromatic rings. The number of H-pyrrole nitrogens is 1. The first-order chi connectivity index (χ1) is 28.8. The Morgan fingerprint density at radius 1 is 1.03 bits per heavy atom. The van der Waals surface area contributed by atoms with E-state index >= 15 is 0 Å². The van der Waals surface area contributed by atoms with Gasteiger partial charge in [0.05, 0.1) is 50.9 Å². The molecule has 5 N–H and O–H groups in total. The molecule has 0 radical (unpaired) electrons. The van der Waals surface area contributed by atoms with E-state index in [-0.39, 0.29) is 43.4 Å². The topological polar surface area (TPSA) is 192 Å². The molecule has 0 saturated carbocycles. The highest BCUT2D eigenvalue weighted by Crippen LogP contribution is 2.30. The van der Waals surface area contributed by atoms with Crippen LogP contribution in [0, 0.1) is 12.3 Å². The molecule has 60 heavy (non-hydrogen) atoms. The molecule has 4 amide bonds. The van der Waals surface area contributed by atoms with Crippen LogP contribution in [-0.2, 0) is 20.9 Å². The number of carbonyl (C=O) groups is 4. The summed E-state index contributed by atoms with van der Waals surface area (Å²) in [7, 11) is 0. The van der Waals surface area contributed by atoms with Gasteiger partial charge in [0.15, 0.2) is 0 Å². The van der Waals surface area contributed by atoms with Crippen LogP contribution in [0.3, 0.4) is 0 Å². The first-order valence-corrected chi connectivity index (χ1v) is 21.3. The van der Waals surface area contributed by atoms with Crippen molar-refractivity contribution < 1.29 is 29.0 Å². The van der Waals surface area contributed by atoms with Gasteiger partial charge in [-0.05, 0) is 66.6 Å². The number of ether oxygens (including phenoxy) is 1. The summed E-state index contributed by atoms with van der Waals surface area (Å²) in [5, 5.41) is 26.3. The average molecular weight is 855 g/mol. The van der Waals surface area contributed by atoms with Gasteiger partial charge < -0.3 is 30.7 Å². The van der Waals surface area contributed by atoms with E-state index in [1.54, 1.807) is 60.0 Å². The van der Waals surface area contributed by atoms with Crippen LogP contribution in [0.25, 0.3) is 21.8 Å². The van der Waals surface area contributed by atoms with Gasteiger partial charge in [-0.25, -0.2) is 9.97 Å². The number of aliphatic hydroxyl groups excluding tert-OH is 1. The second-order valence-electron chi connectivity index (χ2n) is 15.9. The number of likely N-dealkylation sites (tertiary alicyclic amines) is 1. The van der Waals surface area contributed by atoms with Crippen molar-refractivity contribution in [3.63, 3.8) is 0 Å². The molecule has 0 unspecified atom stereocenters. The lowest BCUT2D eigenvalue weighted by Crippen LogP contribution is -2.57. The number of nitrogens with one attached hydrogen (secondary N) is 4. The molecule has 3 aromatic heterocycles. The molecule has 1 saturated heterocycles. The highest BCUT2D eigenvalue weighted by Gasteiger charge is 2.44. The maximum absolute atomic E-state index is 14.0. The number of β-amino-alcohol motifs (C(OH)–C–C–N with tert-alkyl or cyclic N) is 1. The number of unbranched alkanes of at least 4 members (excludes halogenated alkanes) is 3. The summed E-state index contributed by atoms with van der Waals surface area (Å²) in [6, 6.07) is 18.1. The van der Waals surface area contributed by atoms with Gasteiger partial charge in [-0.3, -0.25) is 24.3 Å². The zero-order valence-corrected chi connectivity index (χ0v) is 35.7. The van der Waals surface area contributed by atoms with Crippen molar-refractivity contribution in [2.24, 2.45) is 5.41 Å². The third-order valence-electron chi connectivity index (χ3n) is 10.2. The first-order valence-electron chi connectivity index (χ1n) is 20.0. The Hall–Kier alpha value is -5.64. The van der Waals surface area contributed by atoms with Gasteiger partial charge in [0, 0.05) is 38.2 Å². The minimum absolute atomic E-state index is 0.0117. The molecular weight excluding hydrogens is 804 g/mol. The minimum atomic E-state index is -0.885. The predicted octanol–water partition coefficient (Wildman–Crippen LogP) is 6.95. The zero-order valence-electron chi connectivity index (χ0n) is 34.2. The molecule has 0 bridgehead atoms. The Morgan fingerprint density at radius 3 is 2.52 bits per heavy atom. The van der Waals surface area contributed by atoms with Crippen molar-refractivity contribution in [3.8, 4) is 27.6 Å².